The molecule has 0 radical (unpaired) electrons. The molecule has 1 aliphatic carbocycles. The van der Waals surface area contributed by atoms with Crippen LogP contribution in [-0.2, 0) is 4.79 Å². The fraction of sp³-hybridized carbons (Fsp3) is 0.818. The molecule has 0 aromatic rings. The molecule has 3 atom stereocenters. The molecular formula is C11H19N3O2. The molecule has 1 aliphatic heterocycles. The van der Waals surface area contributed by atoms with Crippen molar-refractivity contribution in [3.05, 3.63) is 0 Å². The average Bonchev–Trinajstić information content (AvgIpc) is 2.27. The number of hydrogen-bond donors (Lipinski definition) is 3. The maximum atomic E-state index is 11.6. The lowest BCUT2D eigenvalue weighted by Crippen LogP contribution is -2.56. The monoisotopic (exact) mass is 225 g/mol. The van der Waals surface area contributed by atoms with Crippen LogP contribution < -0.4 is 16.4 Å². The van der Waals surface area contributed by atoms with Crippen LogP contribution in [-0.4, -0.2) is 24.0 Å². The number of urea groups is 1. The molecule has 4 N–H and O–H groups in total. The number of nitrogens with one attached hydrogen (secondary N) is 2. The molecule has 5 nitrogen and oxygen atoms in total. The van der Waals surface area contributed by atoms with E-state index in [0.717, 1.165) is 19.3 Å². The Bertz CT molecular complexity index is 293. The summed E-state index contributed by atoms with van der Waals surface area (Å²) < 4.78 is 0. The van der Waals surface area contributed by atoms with Crippen molar-refractivity contribution in [2.75, 3.05) is 0 Å². The van der Waals surface area contributed by atoms with Gasteiger partial charge < -0.3 is 11.1 Å². The summed E-state index contributed by atoms with van der Waals surface area (Å²) in [4.78, 5) is 22.2. The van der Waals surface area contributed by atoms with Crippen molar-refractivity contribution in [1.29, 1.82) is 0 Å². The highest BCUT2D eigenvalue weighted by molar-refractivity contribution is 5.96. The minimum Gasteiger partial charge on any atom is -0.351 e. The molecular weight excluding hydrogens is 206 g/mol. The Labute approximate surface area is 95.1 Å². The SMILES string of the molecule is NC(=O)NC(=O)C1CCC2CCCCC2N1. The zero-order valence-electron chi connectivity index (χ0n) is 9.37. The molecule has 2 rings (SSSR count). The summed E-state index contributed by atoms with van der Waals surface area (Å²) in [6.07, 6.45) is 6.83. The van der Waals surface area contributed by atoms with E-state index in [9.17, 15) is 9.59 Å². The molecule has 5 heteroatoms. The van der Waals surface area contributed by atoms with Crippen LogP contribution in [0.1, 0.15) is 38.5 Å². The van der Waals surface area contributed by atoms with E-state index in [1.807, 2.05) is 0 Å². The Morgan fingerprint density at radius 2 is 1.88 bits per heavy atom. The van der Waals surface area contributed by atoms with Crippen LogP contribution in [0.5, 0.6) is 0 Å². The van der Waals surface area contributed by atoms with Gasteiger partial charge in [-0.15, -0.1) is 0 Å². The number of rotatable bonds is 1. The smallest absolute Gasteiger partial charge is 0.318 e. The molecule has 2 aliphatic rings. The van der Waals surface area contributed by atoms with Gasteiger partial charge in [-0.05, 0) is 31.6 Å². The Kier molecular flexibility index (Phi) is 3.43. The van der Waals surface area contributed by atoms with Crippen molar-refractivity contribution in [3.8, 4) is 0 Å². The molecule has 0 bridgehead atoms. The Balaban J connectivity index is 1.89. The van der Waals surface area contributed by atoms with Gasteiger partial charge in [-0.3, -0.25) is 10.1 Å². The molecule has 3 amide bonds. The van der Waals surface area contributed by atoms with Crippen LogP contribution in [0.15, 0.2) is 0 Å². The van der Waals surface area contributed by atoms with Crippen LogP contribution in [0.4, 0.5) is 4.79 Å². The number of amides is 3. The minimum absolute atomic E-state index is 0.244. The van der Waals surface area contributed by atoms with E-state index in [4.69, 9.17) is 5.73 Å². The topological polar surface area (TPSA) is 84.2 Å². The Hall–Kier alpha value is -1.10. The molecule has 3 unspecified atom stereocenters. The van der Waals surface area contributed by atoms with E-state index in [2.05, 4.69) is 10.6 Å². The minimum atomic E-state index is -0.766. The summed E-state index contributed by atoms with van der Waals surface area (Å²) in [5.41, 5.74) is 4.93. The molecule has 0 spiro atoms. The first kappa shape index (κ1) is 11.4. The summed E-state index contributed by atoms with van der Waals surface area (Å²) in [5.74, 6) is 0.433. The van der Waals surface area contributed by atoms with Crippen molar-refractivity contribution in [2.45, 2.75) is 50.6 Å². The highest BCUT2D eigenvalue weighted by Gasteiger charge is 2.34. The molecule has 90 valence electrons. The molecule has 0 aromatic carbocycles. The lowest BCUT2D eigenvalue weighted by atomic mass is 9.77. The fourth-order valence-corrected chi connectivity index (χ4v) is 2.91. The number of primary amides is 1. The highest BCUT2D eigenvalue weighted by atomic mass is 16.2. The lowest BCUT2D eigenvalue weighted by molar-refractivity contribution is -0.123. The van der Waals surface area contributed by atoms with Crippen molar-refractivity contribution in [3.63, 3.8) is 0 Å². The second-order valence-electron chi connectivity index (χ2n) is 4.80. The standard InChI is InChI=1S/C11H19N3O2/c12-11(16)14-10(15)9-6-5-7-3-1-2-4-8(7)13-9/h7-9,13H,1-6H2,(H3,12,14,15,16). The Morgan fingerprint density at radius 1 is 1.12 bits per heavy atom. The van der Waals surface area contributed by atoms with Crippen LogP contribution in [0.2, 0.25) is 0 Å². The van der Waals surface area contributed by atoms with Gasteiger partial charge in [0.2, 0.25) is 5.91 Å². The third-order valence-electron chi connectivity index (χ3n) is 3.71. The maximum Gasteiger partial charge on any atom is 0.318 e. The largest absolute Gasteiger partial charge is 0.351 e. The highest BCUT2D eigenvalue weighted by Crippen LogP contribution is 2.32. The second kappa shape index (κ2) is 4.82. The van der Waals surface area contributed by atoms with E-state index in [-0.39, 0.29) is 11.9 Å². The quantitative estimate of drug-likeness (QED) is 0.607. The molecule has 2 fully saturated rings. The molecule has 16 heavy (non-hydrogen) atoms. The van der Waals surface area contributed by atoms with Crippen LogP contribution in [0.25, 0.3) is 0 Å². The number of nitrogens with two attached hydrogens (primary N) is 1. The number of fused-ring (bicyclic) bond motifs is 1. The Morgan fingerprint density at radius 3 is 2.62 bits per heavy atom. The fourth-order valence-electron chi connectivity index (χ4n) is 2.91. The van der Waals surface area contributed by atoms with E-state index in [1.54, 1.807) is 0 Å². The first-order valence-electron chi connectivity index (χ1n) is 6.03. The van der Waals surface area contributed by atoms with Crippen LogP contribution >= 0.6 is 0 Å². The second-order valence-corrected chi connectivity index (χ2v) is 4.80. The summed E-state index contributed by atoms with van der Waals surface area (Å²) in [6.45, 7) is 0. The normalized spacial score (nSPS) is 33.9. The number of imide groups is 1. The molecule has 1 saturated heterocycles. The van der Waals surface area contributed by atoms with E-state index >= 15 is 0 Å². The maximum absolute atomic E-state index is 11.6. The average molecular weight is 225 g/mol. The third-order valence-corrected chi connectivity index (χ3v) is 3.71. The molecule has 0 aromatic heterocycles. The number of carbonyl (C=O) groups is 2. The van der Waals surface area contributed by atoms with Gasteiger partial charge >= 0.3 is 6.03 Å². The van der Waals surface area contributed by atoms with Crippen molar-refractivity contribution in [2.24, 2.45) is 11.7 Å². The van der Waals surface area contributed by atoms with Gasteiger partial charge in [0, 0.05) is 6.04 Å². The number of carbonyl (C=O) groups excluding carboxylic acids is 2. The van der Waals surface area contributed by atoms with Gasteiger partial charge in [-0.1, -0.05) is 12.8 Å². The van der Waals surface area contributed by atoms with Gasteiger partial charge in [0.15, 0.2) is 0 Å². The number of hydrogen-bond acceptors (Lipinski definition) is 3. The van der Waals surface area contributed by atoms with Gasteiger partial charge in [0.25, 0.3) is 0 Å². The van der Waals surface area contributed by atoms with E-state index in [1.165, 1.54) is 19.3 Å². The summed E-state index contributed by atoms with van der Waals surface area (Å²) in [5, 5.41) is 5.49. The van der Waals surface area contributed by atoms with Crippen molar-refractivity contribution < 1.29 is 9.59 Å². The van der Waals surface area contributed by atoms with Crippen LogP contribution in [0, 0.1) is 5.92 Å². The van der Waals surface area contributed by atoms with E-state index in [0.29, 0.717) is 12.0 Å². The molecule has 1 saturated carbocycles. The lowest BCUT2D eigenvalue weighted by Gasteiger charge is -2.39. The van der Waals surface area contributed by atoms with Gasteiger partial charge in [-0.2, -0.15) is 0 Å². The van der Waals surface area contributed by atoms with Gasteiger partial charge in [0.1, 0.15) is 0 Å². The van der Waals surface area contributed by atoms with E-state index < -0.39 is 6.03 Å². The summed E-state index contributed by atoms with van der Waals surface area (Å²) >= 11 is 0. The van der Waals surface area contributed by atoms with Crippen molar-refractivity contribution >= 4 is 11.9 Å². The first-order valence-corrected chi connectivity index (χ1v) is 6.03. The summed E-state index contributed by atoms with van der Waals surface area (Å²) in [6, 6.07) is -0.560. The van der Waals surface area contributed by atoms with Gasteiger partial charge in [-0.25, -0.2) is 4.79 Å². The predicted molar refractivity (Wildman–Crippen MR) is 59.6 cm³/mol. The van der Waals surface area contributed by atoms with Crippen LogP contribution in [0.3, 0.4) is 0 Å². The van der Waals surface area contributed by atoms with Crippen molar-refractivity contribution in [1.82, 2.24) is 10.6 Å². The zero-order chi connectivity index (χ0) is 11.5. The molecule has 1 heterocycles. The predicted octanol–water partition coefficient (Wildman–Crippen LogP) is 0.492. The number of piperidine rings is 1. The third kappa shape index (κ3) is 2.52. The summed E-state index contributed by atoms with van der Waals surface area (Å²) in [7, 11) is 0. The zero-order valence-corrected chi connectivity index (χ0v) is 9.37. The first-order chi connectivity index (χ1) is 7.66. The van der Waals surface area contributed by atoms with Gasteiger partial charge in [0.05, 0.1) is 6.04 Å².